The molecule has 0 radical (unpaired) electrons. The van der Waals surface area contributed by atoms with E-state index in [1.165, 1.54) is 18.2 Å². The summed E-state index contributed by atoms with van der Waals surface area (Å²) >= 11 is 0. The van der Waals surface area contributed by atoms with Crippen molar-refractivity contribution in [3.63, 3.8) is 0 Å². The molecule has 10 heteroatoms. The zero-order valence-electron chi connectivity index (χ0n) is 17.6. The Bertz CT molecular complexity index is 1090. The molecule has 8 nitrogen and oxygen atoms in total. The van der Waals surface area contributed by atoms with Crippen LogP contribution >= 0.6 is 0 Å². The first-order chi connectivity index (χ1) is 15.4. The molecule has 0 spiro atoms. The molecule has 1 aromatic carbocycles. The monoisotopic (exact) mass is 458 g/mol. The van der Waals surface area contributed by atoms with Crippen molar-refractivity contribution in [2.75, 3.05) is 35.7 Å². The van der Waals surface area contributed by atoms with Crippen LogP contribution in [0.25, 0.3) is 0 Å². The van der Waals surface area contributed by atoms with E-state index in [0.29, 0.717) is 37.7 Å². The number of benzene rings is 1. The van der Waals surface area contributed by atoms with E-state index in [0.717, 1.165) is 12.8 Å². The van der Waals surface area contributed by atoms with Crippen molar-refractivity contribution in [1.29, 1.82) is 0 Å². The number of aromatic nitrogens is 2. The van der Waals surface area contributed by atoms with Gasteiger partial charge in [0.1, 0.15) is 11.6 Å². The predicted octanol–water partition coefficient (Wildman–Crippen LogP) is 1.96. The third-order valence-corrected chi connectivity index (χ3v) is 7.36. The second kappa shape index (κ2) is 8.23. The summed E-state index contributed by atoms with van der Waals surface area (Å²) in [5.74, 6) is -0.324. The highest BCUT2D eigenvalue weighted by Gasteiger charge is 2.36. The van der Waals surface area contributed by atoms with Gasteiger partial charge in [-0.25, -0.2) is 14.4 Å². The van der Waals surface area contributed by atoms with Crippen molar-refractivity contribution in [1.82, 2.24) is 9.97 Å². The Morgan fingerprint density at radius 2 is 1.91 bits per heavy atom. The largest absolute Gasteiger partial charge is 0.480 e. The van der Waals surface area contributed by atoms with E-state index in [9.17, 15) is 18.2 Å². The van der Waals surface area contributed by atoms with E-state index in [2.05, 4.69) is 9.97 Å². The van der Waals surface area contributed by atoms with Gasteiger partial charge in [0, 0.05) is 55.1 Å². The number of anilines is 2. The lowest BCUT2D eigenvalue weighted by molar-refractivity contribution is -0.122. The quantitative estimate of drug-likeness (QED) is 0.586. The van der Waals surface area contributed by atoms with E-state index < -0.39 is 22.7 Å². The van der Waals surface area contributed by atoms with E-state index in [1.807, 2.05) is 4.90 Å². The van der Waals surface area contributed by atoms with Gasteiger partial charge in [-0.3, -0.25) is 13.8 Å². The third kappa shape index (κ3) is 3.99. The minimum Gasteiger partial charge on any atom is -0.480 e. The van der Waals surface area contributed by atoms with Crippen LogP contribution in [0.2, 0.25) is 0 Å². The van der Waals surface area contributed by atoms with Gasteiger partial charge < -0.3 is 14.5 Å². The Morgan fingerprint density at radius 1 is 1.19 bits per heavy atom. The molecular weight excluding hydrogens is 435 g/mol. The summed E-state index contributed by atoms with van der Waals surface area (Å²) in [6, 6.07) is 4.15. The molecule has 1 saturated carbocycles. The lowest BCUT2D eigenvalue weighted by atomic mass is 10.1. The number of hydrogen-bond donors (Lipinski definition) is 0. The second-order valence-corrected chi connectivity index (χ2v) is 10.1. The number of hydrogen-bond acceptors (Lipinski definition) is 7. The summed E-state index contributed by atoms with van der Waals surface area (Å²) in [7, 11) is -0.859. The van der Waals surface area contributed by atoms with Crippen molar-refractivity contribution >= 4 is 34.1 Å². The number of amides is 1. The molecule has 3 aliphatic rings. The summed E-state index contributed by atoms with van der Waals surface area (Å²) in [6.45, 7) is 1.75. The molecule has 2 unspecified atom stereocenters. The Hall–Kier alpha value is -2.88. The number of carbonyl (C=O) groups excluding carboxylic acids is 2. The zero-order valence-corrected chi connectivity index (χ0v) is 18.4. The van der Waals surface area contributed by atoms with Crippen LogP contribution in [0.15, 0.2) is 30.6 Å². The molecule has 5 rings (SSSR count). The number of ether oxygens (including phenoxy) is 1. The molecule has 1 aromatic heterocycles. The topological polar surface area (TPSA) is 92.7 Å². The number of ketones is 1. The first kappa shape index (κ1) is 21.0. The minimum absolute atomic E-state index is 0.0621. The Kier molecular flexibility index (Phi) is 5.40. The number of carbonyl (C=O) groups is 2. The maximum Gasteiger partial charge on any atom is 0.268 e. The van der Waals surface area contributed by atoms with E-state index in [4.69, 9.17) is 4.74 Å². The lowest BCUT2D eigenvalue weighted by Crippen LogP contribution is -2.53. The molecular formula is C22H23FN4O4S. The highest BCUT2D eigenvalue weighted by atomic mass is 32.2. The van der Waals surface area contributed by atoms with Gasteiger partial charge in [-0.1, -0.05) is 0 Å². The molecule has 3 fully saturated rings. The summed E-state index contributed by atoms with van der Waals surface area (Å²) in [5, 5.41) is 0.141. The molecule has 0 bridgehead atoms. The van der Waals surface area contributed by atoms with Gasteiger partial charge in [0.2, 0.25) is 5.95 Å². The molecule has 32 heavy (non-hydrogen) atoms. The number of rotatable bonds is 7. The minimum atomic E-state index is -0.859. The average Bonchev–Trinajstić information content (AvgIpc) is 3.52. The molecule has 1 amide bonds. The predicted molar refractivity (Wildman–Crippen MR) is 117 cm³/mol. The smallest absolute Gasteiger partial charge is 0.268 e. The summed E-state index contributed by atoms with van der Waals surface area (Å²) in [5.41, 5.74) is 0.646. The molecule has 168 valence electrons. The van der Waals surface area contributed by atoms with Gasteiger partial charge in [-0.2, -0.15) is 0 Å². The SMILES string of the molecule is CS(=O)C1CN(c2ncc(N3CCC(Oc4ccc(C(=O)C5CC5)c(F)c4)C3=O)cn2)C1. The Labute approximate surface area is 187 Å². The van der Waals surface area contributed by atoms with Crippen molar-refractivity contribution in [2.45, 2.75) is 30.6 Å². The highest BCUT2D eigenvalue weighted by Crippen LogP contribution is 2.34. The molecule has 3 heterocycles. The number of nitrogens with zero attached hydrogens (tertiary/aromatic N) is 4. The Morgan fingerprint density at radius 3 is 2.53 bits per heavy atom. The summed E-state index contributed by atoms with van der Waals surface area (Å²) in [4.78, 5) is 37.1. The van der Waals surface area contributed by atoms with Gasteiger partial charge in [-0.15, -0.1) is 0 Å². The van der Waals surface area contributed by atoms with Gasteiger partial charge in [0.05, 0.1) is 28.9 Å². The molecule has 2 atom stereocenters. The van der Waals surface area contributed by atoms with Crippen molar-refractivity contribution in [2.24, 2.45) is 5.92 Å². The fourth-order valence-electron chi connectivity index (χ4n) is 3.95. The molecule has 2 aromatic rings. The fraction of sp³-hybridized carbons (Fsp3) is 0.455. The Balaban J connectivity index is 1.21. The molecule has 0 N–H and O–H groups in total. The molecule has 1 aliphatic carbocycles. The van der Waals surface area contributed by atoms with E-state index in [-0.39, 0.29) is 34.2 Å². The van der Waals surface area contributed by atoms with Crippen LogP contribution in [-0.4, -0.2) is 63.1 Å². The van der Waals surface area contributed by atoms with E-state index in [1.54, 1.807) is 23.5 Å². The van der Waals surface area contributed by atoms with Gasteiger partial charge in [0.15, 0.2) is 11.9 Å². The maximum absolute atomic E-state index is 14.4. The van der Waals surface area contributed by atoms with Crippen LogP contribution in [0.4, 0.5) is 16.0 Å². The third-order valence-electron chi connectivity index (χ3n) is 6.13. The van der Waals surface area contributed by atoms with Crippen LogP contribution < -0.4 is 14.5 Å². The zero-order chi connectivity index (χ0) is 22.4. The summed E-state index contributed by atoms with van der Waals surface area (Å²) in [6.07, 6.45) is 6.21. The van der Waals surface area contributed by atoms with E-state index >= 15 is 0 Å². The second-order valence-electron chi connectivity index (χ2n) is 8.43. The van der Waals surface area contributed by atoms with Crippen molar-refractivity contribution in [3.05, 3.63) is 42.0 Å². The number of Topliss-reactive ketones (excluding diaryl/α,β-unsaturated/α-hetero) is 1. The van der Waals surface area contributed by atoms with Crippen LogP contribution in [0.5, 0.6) is 5.75 Å². The standard InChI is InChI=1S/C22H23FN4O4S/c1-32(30)16-11-26(12-16)22-24-9-14(10-25-22)27-7-6-19(21(27)29)31-15-4-5-17(18(23)8-15)20(28)13-2-3-13/h4-5,8-10,13,16,19H,2-3,6-7,11-12H2,1H3. The highest BCUT2D eigenvalue weighted by molar-refractivity contribution is 7.85. The van der Waals surface area contributed by atoms with Crippen LogP contribution in [0.3, 0.4) is 0 Å². The van der Waals surface area contributed by atoms with Gasteiger partial charge in [0.25, 0.3) is 5.91 Å². The van der Waals surface area contributed by atoms with Crippen LogP contribution in [0.1, 0.15) is 29.6 Å². The van der Waals surface area contributed by atoms with Crippen molar-refractivity contribution in [3.8, 4) is 5.75 Å². The van der Waals surface area contributed by atoms with Gasteiger partial charge >= 0.3 is 0 Å². The van der Waals surface area contributed by atoms with Gasteiger partial charge in [-0.05, 0) is 25.0 Å². The van der Waals surface area contributed by atoms with Crippen molar-refractivity contribution < 1.29 is 22.9 Å². The number of halogens is 1. The maximum atomic E-state index is 14.4. The molecule has 2 aliphatic heterocycles. The normalized spacial score (nSPS) is 22.1. The fourth-order valence-corrected chi connectivity index (χ4v) is 4.73. The van der Waals surface area contributed by atoms with Crippen LogP contribution in [0, 0.1) is 11.7 Å². The van der Waals surface area contributed by atoms with Crippen LogP contribution in [-0.2, 0) is 15.6 Å². The molecule has 2 saturated heterocycles. The summed E-state index contributed by atoms with van der Waals surface area (Å²) < 4.78 is 31.6. The first-order valence-electron chi connectivity index (χ1n) is 10.6. The first-order valence-corrected chi connectivity index (χ1v) is 12.2. The lowest BCUT2D eigenvalue weighted by Gasteiger charge is -2.37. The average molecular weight is 459 g/mol.